The van der Waals surface area contributed by atoms with Gasteiger partial charge < -0.3 is 14.6 Å². The van der Waals surface area contributed by atoms with Gasteiger partial charge >= 0.3 is 0 Å². The third-order valence-electron chi connectivity index (χ3n) is 3.54. The minimum absolute atomic E-state index is 0.232. The Bertz CT molecular complexity index is 763. The zero-order valence-corrected chi connectivity index (χ0v) is 14.0. The largest absolute Gasteiger partial charge is 0.546 e. The van der Waals surface area contributed by atoms with Gasteiger partial charge in [-0.25, -0.2) is 5.43 Å². The van der Waals surface area contributed by atoms with Gasteiger partial charge in [-0.1, -0.05) is 12.1 Å². The number of benzene rings is 1. The molecule has 1 aromatic carbocycles. The van der Waals surface area contributed by atoms with Crippen LogP contribution in [0, 0.1) is 13.8 Å². The van der Waals surface area contributed by atoms with E-state index >= 15 is 0 Å². The number of hydrogen-bond donors (Lipinski definition) is 2. The fourth-order valence-corrected chi connectivity index (χ4v) is 2.27. The molecule has 0 fully saturated rings. The van der Waals surface area contributed by atoms with E-state index in [-0.39, 0.29) is 12.3 Å². The number of hydrogen-bond acceptors (Lipinski definition) is 6. The second-order valence-corrected chi connectivity index (χ2v) is 5.40. The van der Waals surface area contributed by atoms with Crippen molar-refractivity contribution in [3.05, 3.63) is 46.8 Å². The van der Waals surface area contributed by atoms with Crippen LogP contribution in [0.1, 0.15) is 28.9 Å². The third kappa shape index (κ3) is 5.45. The molecule has 1 amide bonds. The van der Waals surface area contributed by atoms with E-state index in [1.54, 1.807) is 24.3 Å². The lowest BCUT2D eigenvalue weighted by Crippen LogP contribution is -2.29. The predicted molar refractivity (Wildman–Crippen MR) is 89.1 cm³/mol. The maximum absolute atomic E-state index is 11.9. The van der Waals surface area contributed by atoms with E-state index in [1.165, 1.54) is 6.21 Å². The summed E-state index contributed by atoms with van der Waals surface area (Å²) in [6.45, 7) is 3.24. The number of aromatic amines is 1. The highest BCUT2D eigenvalue weighted by atomic mass is 16.5. The van der Waals surface area contributed by atoms with Crippen LogP contribution in [0.4, 0.5) is 0 Å². The van der Waals surface area contributed by atoms with E-state index in [0.29, 0.717) is 17.7 Å². The molecule has 0 aliphatic carbocycles. The van der Waals surface area contributed by atoms with Crippen molar-refractivity contribution in [2.75, 3.05) is 6.61 Å². The van der Waals surface area contributed by atoms with Gasteiger partial charge in [0.15, 0.2) is 0 Å². The van der Waals surface area contributed by atoms with Gasteiger partial charge in [0.25, 0.3) is 0 Å². The lowest BCUT2D eigenvalue weighted by molar-refractivity contribution is -0.307. The van der Waals surface area contributed by atoms with Crippen molar-refractivity contribution in [2.45, 2.75) is 26.7 Å². The minimum Gasteiger partial charge on any atom is -0.546 e. The maximum atomic E-state index is 11.9. The number of nitrogens with zero attached hydrogens (tertiary/aromatic N) is 2. The number of aliphatic carboxylic acids is 1. The van der Waals surface area contributed by atoms with Crippen molar-refractivity contribution >= 4 is 18.1 Å². The minimum atomic E-state index is -1.31. The van der Waals surface area contributed by atoms with Crippen LogP contribution in [0.15, 0.2) is 29.4 Å². The number of aromatic nitrogens is 2. The van der Waals surface area contributed by atoms with Gasteiger partial charge in [0.05, 0.1) is 17.9 Å². The van der Waals surface area contributed by atoms with Crippen molar-refractivity contribution in [3.8, 4) is 5.75 Å². The summed E-state index contributed by atoms with van der Waals surface area (Å²) in [5.41, 5.74) is 5.85. The Morgan fingerprint density at radius 3 is 2.80 bits per heavy atom. The highest BCUT2D eigenvalue weighted by molar-refractivity contribution is 5.85. The Morgan fingerprint density at radius 1 is 1.36 bits per heavy atom. The smallest absolute Gasteiger partial charge is 0.240 e. The molecule has 132 valence electrons. The van der Waals surface area contributed by atoms with E-state index in [9.17, 15) is 14.7 Å². The Labute approximate surface area is 144 Å². The Balaban J connectivity index is 1.88. The number of rotatable bonds is 8. The highest BCUT2D eigenvalue weighted by Crippen LogP contribution is 2.15. The first-order chi connectivity index (χ1) is 12.0. The van der Waals surface area contributed by atoms with Crippen molar-refractivity contribution in [1.82, 2.24) is 15.6 Å². The molecule has 2 N–H and O–H groups in total. The molecule has 1 aromatic heterocycles. The third-order valence-corrected chi connectivity index (χ3v) is 3.54. The topological polar surface area (TPSA) is 120 Å². The molecule has 0 aliphatic rings. The average Bonchev–Trinajstić information content (AvgIpc) is 2.90. The molecule has 0 saturated heterocycles. The lowest BCUT2D eigenvalue weighted by Gasteiger charge is -2.09. The van der Waals surface area contributed by atoms with Gasteiger partial charge in [0.1, 0.15) is 12.4 Å². The average molecular weight is 343 g/mol. The molecule has 1 heterocycles. The quantitative estimate of drug-likeness (QED) is 0.525. The fraction of sp³-hybridized carbons (Fsp3) is 0.294. The molecule has 2 aromatic rings. The Kier molecular flexibility index (Phi) is 6.27. The summed E-state index contributed by atoms with van der Waals surface area (Å²) in [5, 5.41) is 21.3. The van der Waals surface area contributed by atoms with E-state index in [0.717, 1.165) is 17.0 Å². The van der Waals surface area contributed by atoms with Crippen molar-refractivity contribution < 1.29 is 19.4 Å². The van der Waals surface area contributed by atoms with Gasteiger partial charge in [0, 0.05) is 17.7 Å². The fourth-order valence-electron chi connectivity index (χ4n) is 2.27. The predicted octanol–water partition coefficient (Wildman–Crippen LogP) is 0.238. The first kappa shape index (κ1) is 18.2. The zero-order chi connectivity index (χ0) is 18.2. The molecule has 0 unspecified atom stereocenters. The van der Waals surface area contributed by atoms with Crippen LogP contribution in [0.25, 0.3) is 0 Å². The Morgan fingerprint density at radius 2 is 2.12 bits per heavy atom. The van der Waals surface area contributed by atoms with Gasteiger partial charge in [-0.05, 0) is 38.0 Å². The number of carbonyl (C=O) groups is 2. The number of carbonyl (C=O) groups excluding carboxylic acids is 2. The summed E-state index contributed by atoms with van der Waals surface area (Å²) in [6.07, 6.45) is 2.25. The van der Waals surface area contributed by atoms with Crippen LogP contribution < -0.4 is 15.3 Å². The van der Waals surface area contributed by atoms with Crippen molar-refractivity contribution in [3.63, 3.8) is 0 Å². The molecule has 8 heteroatoms. The monoisotopic (exact) mass is 343 g/mol. The van der Waals surface area contributed by atoms with Crippen molar-refractivity contribution in [1.29, 1.82) is 0 Å². The number of hydrazone groups is 1. The van der Waals surface area contributed by atoms with Gasteiger partial charge in [0.2, 0.25) is 5.91 Å². The molecule has 0 saturated carbocycles. The number of aryl methyl sites for hydroxylation is 2. The van der Waals surface area contributed by atoms with Gasteiger partial charge in [-0.3, -0.25) is 9.89 Å². The second kappa shape index (κ2) is 8.62. The molecule has 25 heavy (non-hydrogen) atoms. The van der Waals surface area contributed by atoms with E-state index in [1.807, 2.05) is 13.8 Å². The summed E-state index contributed by atoms with van der Waals surface area (Å²) >= 11 is 0. The second-order valence-electron chi connectivity index (χ2n) is 5.40. The normalized spacial score (nSPS) is 10.8. The molecule has 0 bridgehead atoms. The maximum Gasteiger partial charge on any atom is 0.240 e. The van der Waals surface area contributed by atoms with Gasteiger partial charge in [-0.15, -0.1) is 0 Å². The molecule has 2 rings (SSSR count). The number of amides is 1. The molecule has 8 nitrogen and oxygen atoms in total. The zero-order valence-electron chi connectivity index (χ0n) is 14.0. The number of carboxylic acids is 1. The number of carboxylic acid groups (broad SMARTS) is 1. The van der Waals surface area contributed by atoms with Crippen LogP contribution >= 0.6 is 0 Å². The Hall–Kier alpha value is -3.16. The number of H-pyrrole nitrogens is 1. The van der Waals surface area contributed by atoms with Crippen LogP contribution in [0.3, 0.4) is 0 Å². The number of nitrogens with one attached hydrogen (secondary N) is 2. The van der Waals surface area contributed by atoms with E-state index < -0.39 is 12.6 Å². The summed E-state index contributed by atoms with van der Waals surface area (Å²) in [5.74, 6) is -1.20. The van der Waals surface area contributed by atoms with Crippen LogP contribution in [0.5, 0.6) is 5.75 Å². The number of ether oxygens (including phenoxy) is 1. The summed E-state index contributed by atoms with van der Waals surface area (Å²) in [6, 6.07) is 6.75. The first-order valence-electron chi connectivity index (χ1n) is 7.71. The molecule has 0 aliphatic heterocycles. The van der Waals surface area contributed by atoms with Gasteiger partial charge in [-0.2, -0.15) is 10.2 Å². The summed E-state index contributed by atoms with van der Waals surface area (Å²) in [4.78, 5) is 22.3. The summed E-state index contributed by atoms with van der Waals surface area (Å²) in [7, 11) is 0. The molecular formula is C17H19N4O4-. The standard InChI is InChI=1S/C17H20N4O4/c1-11-14(12(2)20-19-11)7-8-16(22)21-18-9-13-5-3-4-6-15(13)25-10-17(23)24/h3-6,9H,7-8,10H2,1-2H3,(H,19,20)(H,21,22)(H,23,24)/p-1/b18-9+. The van der Waals surface area contributed by atoms with Crippen LogP contribution in [-0.4, -0.2) is 34.9 Å². The van der Waals surface area contributed by atoms with E-state index in [4.69, 9.17) is 4.74 Å². The van der Waals surface area contributed by atoms with Crippen LogP contribution in [-0.2, 0) is 16.0 Å². The molecular weight excluding hydrogens is 324 g/mol. The number of para-hydroxylation sites is 1. The highest BCUT2D eigenvalue weighted by Gasteiger charge is 2.08. The first-order valence-corrected chi connectivity index (χ1v) is 7.71. The van der Waals surface area contributed by atoms with Crippen molar-refractivity contribution in [2.24, 2.45) is 5.10 Å². The van der Waals surface area contributed by atoms with E-state index in [2.05, 4.69) is 20.7 Å². The molecule has 0 radical (unpaired) electrons. The van der Waals surface area contributed by atoms with Crippen LogP contribution in [0.2, 0.25) is 0 Å². The molecule has 0 atom stereocenters. The molecule has 0 spiro atoms. The lowest BCUT2D eigenvalue weighted by atomic mass is 10.1. The summed E-state index contributed by atoms with van der Waals surface area (Å²) < 4.78 is 5.10. The SMILES string of the molecule is Cc1n[nH]c(C)c1CCC(=O)N/N=C/c1ccccc1OCC(=O)[O-].